The lowest BCUT2D eigenvalue weighted by atomic mass is 10.2. The Kier molecular flexibility index (Phi) is 4.70. The normalized spacial score (nSPS) is 10.7. The zero-order chi connectivity index (χ0) is 16.9. The molecule has 0 atom stereocenters. The number of nitrogens with one attached hydrogen (secondary N) is 1. The van der Waals surface area contributed by atoms with E-state index < -0.39 is 0 Å². The van der Waals surface area contributed by atoms with Gasteiger partial charge in [-0.3, -0.25) is 4.79 Å². The van der Waals surface area contributed by atoms with Gasteiger partial charge in [0.15, 0.2) is 0 Å². The van der Waals surface area contributed by atoms with Crippen LogP contribution in [0.5, 0.6) is 5.75 Å². The number of aryl methyl sites for hydroxylation is 1. The van der Waals surface area contributed by atoms with Crippen LogP contribution < -0.4 is 10.1 Å². The van der Waals surface area contributed by atoms with E-state index in [1.54, 1.807) is 18.4 Å². The molecule has 1 N–H and O–H groups in total. The van der Waals surface area contributed by atoms with Crippen molar-refractivity contribution in [1.82, 2.24) is 9.88 Å². The number of amides is 1. The zero-order valence-electron chi connectivity index (χ0n) is 13.6. The Morgan fingerprint density at radius 1 is 1.38 bits per heavy atom. The molecule has 0 aliphatic carbocycles. The van der Waals surface area contributed by atoms with Crippen molar-refractivity contribution in [2.24, 2.45) is 0 Å². The van der Waals surface area contributed by atoms with E-state index >= 15 is 0 Å². The Labute approximate surface area is 140 Å². The maximum atomic E-state index is 12.6. The third-order valence-corrected chi connectivity index (χ3v) is 3.81. The molecule has 2 aromatic heterocycles. The maximum absolute atomic E-state index is 12.6. The number of aromatic nitrogens is 1. The van der Waals surface area contributed by atoms with Gasteiger partial charge in [-0.15, -0.1) is 0 Å². The molecule has 2 heterocycles. The van der Waals surface area contributed by atoms with Gasteiger partial charge in [-0.05, 0) is 37.3 Å². The van der Waals surface area contributed by atoms with Gasteiger partial charge in [-0.2, -0.15) is 0 Å². The van der Waals surface area contributed by atoms with Crippen LogP contribution in [0.4, 0.5) is 0 Å². The third kappa shape index (κ3) is 3.06. The fourth-order valence-corrected chi connectivity index (χ4v) is 2.73. The monoisotopic (exact) mass is 324 g/mol. The molecule has 1 aromatic carbocycles. The molecule has 0 aliphatic heterocycles. The number of carbonyl (C=O) groups excluding carboxylic acids is 1. The number of nitrogens with zero attached hydrogens (tertiary/aromatic N) is 1. The van der Waals surface area contributed by atoms with Crippen LogP contribution in [0.2, 0.25) is 0 Å². The summed E-state index contributed by atoms with van der Waals surface area (Å²) in [4.78, 5) is 12.6. The number of furan rings is 1. The molecule has 1 amide bonds. The SMILES string of the molecule is C=CCOc1cccc2c1cc(C(=O)NCc1ccco1)n2CC. The van der Waals surface area contributed by atoms with E-state index in [-0.39, 0.29) is 5.91 Å². The highest BCUT2D eigenvalue weighted by Gasteiger charge is 2.17. The first kappa shape index (κ1) is 15.9. The van der Waals surface area contributed by atoms with Gasteiger partial charge in [0.05, 0.1) is 18.3 Å². The first-order chi connectivity index (χ1) is 11.7. The van der Waals surface area contributed by atoms with Crippen molar-refractivity contribution in [3.05, 3.63) is 66.8 Å². The van der Waals surface area contributed by atoms with Crippen molar-refractivity contribution in [3.8, 4) is 5.75 Å². The Balaban J connectivity index is 1.91. The molecule has 5 nitrogen and oxygen atoms in total. The maximum Gasteiger partial charge on any atom is 0.268 e. The molecule has 0 saturated heterocycles. The quantitative estimate of drug-likeness (QED) is 0.673. The fraction of sp³-hybridized carbons (Fsp3) is 0.211. The summed E-state index contributed by atoms with van der Waals surface area (Å²) in [5.74, 6) is 1.33. The second kappa shape index (κ2) is 7.08. The minimum absolute atomic E-state index is 0.140. The summed E-state index contributed by atoms with van der Waals surface area (Å²) in [5, 5.41) is 3.81. The second-order valence-electron chi connectivity index (χ2n) is 5.32. The van der Waals surface area contributed by atoms with Crippen LogP contribution in [-0.2, 0) is 13.1 Å². The van der Waals surface area contributed by atoms with E-state index in [9.17, 15) is 4.79 Å². The van der Waals surface area contributed by atoms with Crippen LogP contribution in [0, 0.1) is 0 Å². The van der Waals surface area contributed by atoms with Gasteiger partial charge in [0.1, 0.15) is 23.8 Å². The first-order valence-corrected chi connectivity index (χ1v) is 7.91. The van der Waals surface area contributed by atoms with Crippen molar-refractivity contribution < 1.29 is 13.9 Å². The van der Waals surface area contributed by atoms with E-state index in [0.717, 1.165) is 22.4 Å². The van der Waals surface area contributed by atoms with E-state index in [1.807, 2.05) is 41.8 Å². The molecule has 0 spiro atoms. The number of fused-ring (bicyclic) bond motifs is 1. The number of hydrogen-bond acceptors (Lipinski definition) is 3. The summed E-state index contributed by atoms with van der Waals surface area (Å²) in [6, 6.07) is 11.3. The van der Waals surface area contributed by atoms with Gasteiger partial charge >= 0.3 is 0 Å². The van der Waals surface area contributed by atoms with Crippen LogP contribution >= 0.6 is 0 Å². The van der Waals surface area contributed by atoms with Crippen LogP contribution in [0.15, 0.2) is 59.7 Å². The van der Waals surface area contributed by atoms with Crippen LogP contribution in [0.3, 0.4) is 0 Å². The van der Waals surface area contributed by atoms with Gasteiger partial charge in [0, 0.05) is 11.9 Å². The third-order valence-electron chi connectivity index (χ3n) is 3.81. The number of carbonyl (C=O) groups is 1. The van der Waals surface area contributed by atoms with Crippen molar-refractivity contribution in [1.29, 1.82) is 0 Å². The fourth-order valence-electron chi connectivity index (χ4n) is 2.73. The number of ether oxygens (including phenoxy) is 1. The van der Waals surface area contributed by atoms with Crippen molar-refractivity contribution >= 4 is 16.8 Å². The van der Waals surface area contributed by atoms with Crippen molar-refractivity contribution in [2.75, 3.05) is 6.61 Å². The molecule has 0 unspecified atom stereocenters. The predicted molar refractivity (Wildman–Crippen MR) is 93.2 cm³/mol. The smallest absolute Gasteiger partial charge is 0.268 e. The average molecular weight is 324 g/mol. The average Bonchev–Trinajstić information content (AvgIpc) is 3.24. The molecule has 5 heteroatoms. The number of benzene rings is 1. The minimum atomic E-state index is -0.140. The predicted octanol–water partition coefficient (Wildman–Crippen LogP) is 3.75. The van der Waals surface area contributed by atoms with Crippen LogP contribution in [0.1, 0.15) is 23.2 Å². The van der Waals surface area contributed by atoms with Crippen molar-refractivity contribution in [2.45, 2.75) is 20.0 Å². The summed E-state index contributed by atoms with van der Waals surface area (Å²) in [6.45, 7) is 7.16. The summed E-state index contributed by atoms with van der Waals surface area (Å²) in [5.41, 5.74) is 1.58. The molecule has 0 saturated carbocycles. The molecule has 0 aliphatic rings. The summed E-state index contributed by atoms with van der Waals surface area (Å²) >= 11 is 0. The molecule has 3 rings (SSSR count). The number of hydrogen-bond donors (Lipinski definition) is 1. The highest BCUT2D eigenvalue weighted by Crippen LogP contribution is 2.29. The highest BCUT2D eigenvalue weighted by atomic mass is 16.5. The molecule has 124 valence electrons. The summed E-state index contributed by atoms with van der Waals surface area (Å²) < 4.78 is 12.9. The van der Waals surface area contributed by atoms with E-state index in [2.05, 4.69) is 11.9 Å². The Hall–Kier alpha value is -2.95. The molecule has 0 bridgehead atoms. The molecule has 3 aromatic rings. The molecule has 0 fully saturated rings. The first-order valence-electron chi connectivity index (χ1n) is 7.91. The zero-order valence-corrected chi connectivity index (χ0v) is 13.6. The molecule has 0 radical (unpaired) electrons. The lowest BCUT2D eigenvalue weighted by molar-refractivity contribution is 0.0939. The van der Waals surface area contributed by atoms with E-state index in [1.165, 1.54) is 0 Å². The lowest BCUT2D eigenvalue weighted by Gasteiger charge is -2.08. The highest BCUT2D eigenvalue weighted by molar-refractivity contribution is 6.00. The van der Waals surface area contributed by atoms with Gasteiger partial charge in [-0.25, -0.2) is 0 Å². The Morgan fingerprint density at radius 2 is 2.25 bits per heavy atom. The Bertz CT molecular complexity index is 847. The van der Waals surface area contributed by atoms with E-state index in [0.29, 0.717) is 25.4 Å². The minimum Gasteiger partial charge on any atom is -0.489 e. The van der Waals surface area contributed by atoms with E-state index in [4.69, 9.17) is 9.15 Å². The second-order valence-corrected chi connectivity index (χ2v) is 5.32. The van der Waals surface area contributed by atoms with Crippen LogP contribution in [0.25, 0.3) is 10.9 Å². The lowest BCUT2D eigenvalue weighted by Crippen LogP contribution is -2.25. The standard InChI is InChI=1S/C19H20N2O3/c1-3-10-24-18-9-5-8-16-15(18)12-17(21(16)4-2)19(22)20-13-14-7-6-11-23-14/h3,5-9,11-12H,1,4,10,13H2,2H3,(H,20,22). The molecular weight excluding hydrogens is 304 g/mol. The Morgan fingerprint density at radius 3 is 2.96 bits per heavy atom. The molecular formula is C19H20N2O3. The summed E-state index contributed by atoms with van der Waals surface area (Å²) in [7, 11) is 0. The molecule has 24 heavy (non-hydrogen) atoms. The van der Waals surface area contributed by atoms with Gasteiger partial charge < -0.3 is 19.0 Å². The largest absolute Gasteiger partial charge is 0.489 e. The van der Waals surface area contributed by atoms with Gasteiger partial charge in [0.25, 0.3) is 5.91 Å². The van der Waals surface area contributed by atoms with Gasteiger partial charge in [0.2, 0.25) is 0 Å². The van der Waals surface area contributed by atoms with Gasteiger partial charge in [-0.1, -0.05) is 18.7 Å². The van der Waals surface area contributed by atoms with Crippen LogP contribution in [-0.4, -0.2) is 17.1 Å². The van der Waals surface area contributed by atoms with Crippen molar-refractivity contribution in [3.63, 3.8) is 0 Å². The number of rotatable bonds is 7. The summed E-state index contributed by atoms with van der Waals surface area (Å²) in [6.07, 6.45) is 3.29. The topological polar surface area (TPSA) is 56.4 Å².